The molecule has 0 atom stereocenters. The number of hydrogen-bond acceptors (Lipinski definition) is 5. The smallest absolute Gasteiger partial charge is 0.248 e. The van der Waals surface area contributed by atoms with Crippen molar-refractivity contribution >= 4 is 11.5 Å². The van der Waals surface area contributed by atoms with Crippen molar-refractivity contribution in [3.63, 3.8) is 0 Å². The van der Waals surface area contributed by atoms with Gasteiger partial charge in [0.1, 0.15) is 17.8 Å². The second-order valence-corrected chi connectivity index (χ2v) is 6.33. The van der Waals surface area contributed by atoms with Gasteiger partial charge >= 0.3 is 0 Å². The van der Waals surface area contributed by atoms with Gasteiger partial charge in [-0.25, -0.2) is 4.98 Å². The Bertz CT molecular complexity index is 725. The van der Waals surface area contributed by atoms with Crippen LogP contribution in [0, 0.1) is 0 Å². The molecule has 1 aromatic heterocycles. The van der Waals surface area contributed by atoms with Crippen molar-refractivity contribution in [1.82, 2.24) is 9.97 Å². The number of anilines is 2. The van der Waals surface area contributed by atoms with Gasteiger partial charge in [0.2, 0.25) is 5.88 Å². The average Bonchev–Trinajstić information content (AvgIpc) is 2.66. The van der Waals surface area contributed by atoms with Gasteiger partial charge in [0.15, 0.2) is 5.82 Å². The fourth-order valence-electron chi connectivity index (χ4n) is 2.98. The molecule has 5 heteroatoms. The molecule has 1 aliphatic carbocycles. The summed E-state index contributed by atoms with van der Waals surface area (Å²) in [6, 6.07) is 7.96. The SMILES string of the molecule is CCc1ccc(Oc2ncnc(NCCC3=CCCCC3)c2N)cc1. The molecule has 5 nitrogen and oxygen atoms in total. The Morgan fingerprint density at radius 2 is 2.00 bits per heavy atom. The number of nitrogen functional groups attached to an aromatic ring is 1. The van der Waals surface area contributed by atoms with Crippen molar-refractivity contribution in [3.05, 3.63) is 47.8 Å². The van der Waals surface area contributed by atoms with E-state index in [1.807, 2.05) is 24.3 Å². The largest absolute Gasteiger partial charge is 0.437 e. The van der Waals surface area contributed by atoms with Crippen LogP contribution in [0.4, 0.5) is 11.5 Å². The maximum absolute atomic E-state index is 6.18. The third-order valence-electron chi connectivity index (χ3n) is 4.52. The van der Waals surface area contributed by atoms with Crippen molar-refractivity contribution in [2.45, 2.75) is 45.4 Å². The maximum Gasteiger partial charge on any atom is 0.248 e. The van der Waals surface area contributed by atoms with E-state index in [4.69, 9.17) is 10.5 Å². The topological polar surface area (TPSA) is 73.1 Å². The highest BCUT2D eigenvalue weighted by Crippen LogP contribution is 2.29. The minimum Gasteiger partial charge on any atom is -0.437 e. The first-order chi connectivity index (χ1) is 12.3. The summed E-state index contributed by atoms with van der Waals surface area (Å²) in [6.07, 6.45) is 10.9. The summed E-state index contributed by atoms with van der Waals surface area (Å²) in [5, 5.41) is 3.31. The lowest BCUT2D eigenvalue weighted by Gasteiger charge is -2.14. The molecule has 1 aliphatic rings. The molecule has 0 amide bonds. The molecular weight excluding hydrogens is 312 g/mol. The lowest BCUT2D eigenvalue weighted by atomic mass is 9.97. The Hall–Kier alpha value is -2.56. The first kappa shape index (κ1) is 17.3. The third-order valence-corrected chi connectivity index (χ3v) is 4.52. The summed E-state index contributed by atoms with van der Waals surface area (Å²) in [7, 11) is 0. The molecule has 0 aliphatic heterocycles. The summed E-state index contributed by atoms with van der Waals surface area (Å²) >= 11 is 0. The zero-order chi connectivity index (χ0) is 17.5. The van der Waals surface area contributed by atoms with Crippen LogP contribution in [-0.2, 0) is 6.42 Å². The minimum absolute atomic E-state index is 0.388. The van der Waals surface area contributed by atoms with E-state index in [1.165, 1.54) is 43.1 Å². The van der Waals surface area contributed by atoms with E-state index in [1.54, 1.807) is 0 Å². The number of hydrogen-bond donors (Lipinski definition) is 2. The van der Waals surface area contributed by atoms with E-state index in [0.717, 1.165) is 25.1 Å². The molecular formula is C20H26N4O. The molecule has 0 radical (unpaired) electrons. The fraction of sp³-hybridized carbons (Fsp3) is 0.400. The second-order valence-electron chi connectivity index (χ2n) is 6.33. The zero-order valence-electron chi connectivity index (χ0n) is 14.8. The van der Waals surface area contributed by atoms with Crippen molar-refractivity contribution < 1.29 is 4.74 Å². The van der Waals surface area contributed by atoms with E-state index in [9.17, 15) is 0 Å². The molecule has 25 heavy (non-hydrogen) atoms. The van der Waals surface area contributed by atoms with Gasteiger partial charge in [0.25, 0.3) is 0 Å². The highest BCUT2D eigenvalue weighted by molar-refractivity contribution is 5.66. The molecule has 0 bridgehead atoms. The van der Waals surface area contributed by atoms with Crippen molar-refractivity contribution in [2.75, 3.05) is 17.6 Å². The highest BCUT2D eigenvalue weighted by Gasteiger charge is 2.11. The van der Waals surface area contributed by atoms with Crippen LogP contribution in [0.15, 0.2) is 42.2 Å². The predicted molar refractivity (Wildman–Crippen MR) is 102 cm³/mol. The van der Waals surface area contributed by atoms with Gasteiger partial charge in [-0.1, -0.05) is 30.7 Å². The highest BCUT2D eigenvalue weighted by atomic mass is 16.5. The van der Waals surface area contributed by atoms with Crippen LogP contribution in [0.3, 0.4) is 0 Å². The standard InChI is InChI=1S/C20H26N4O/c1-2-15-8-10-17(11-9-15)25-20-18(21)19(23-14-24-20)22-13-12-16-6-4-3-5-7-16/h6,8-11,14H,2-5,7,12-13,21H2,1H3,(H,22,23,24). The first-order valence-corrected chi connectivity index (χ1v) is 9.05. The van der Waals surface area contributed by atoms with E-state index < -0.39 is 0 Å². The summed E-state index contributed by atoms with van der Waals surface area (Å²) in [6.45, 7) is 2.94. The summed E-state index contributed by atoms with van der Waals surface area (Å²) < 4.78 is 5.82. The van der Waals surface area contributed by atoms with Crippen LogP contribution >= 0.6 is 0 Å². The molecule has 0 spiro atoms. The van der Waals surface area contributed by atoms with E-state index in [0.29, 0.717) is 17.4 Å². The molecule has 3 N–H and O–H groups in total. The Balaban J connectivity index is 1.61. The molecule has 1 heterocycles. The van der Waals surface area contributed by atoms with Crippen LogP contribution in [0.25, 0.3) is 0 Å². The van der Waals surface area contributed by atoms with Crippen LogP contribution < -0.4 is 15.8 Å². The lowest BCUT2D eigenvalue weighted by Crippen LogP contribution is -2.09. The molecule has 0 unspecified atom stereocenters. The Kier molecular flexibility index (Phi) is 5.88. The molecule has 0 fully saturated rings. The number of benzene rings is 1. The number of rotatable bonds is 7. The third kappa shape index (κ3) is 4.72. The van der Waals surface area contributed by atoms with Gasteiger partial charge in [0.05, 0.1) is 0 Å². The van der Waals surface area contributed by atoms with Crippen LogP contribution in [0.2, 0.25) is 0 Å². The Morgan fingerprint density at radius 1 is 1.16 bits per heavy atom. The number of nitrogens with two attached hydrogens (primary N) is 1. The number of allylic oxidation sites excluding steroid dienone is 1. The van der Waals surface area contributed by atoms with E-state index in [2.05, 4.69) is 28.3 Å². The minimum atomic E-state index is 0.388. The van der Waals surface area contributed by atoms with Gasteiger partial charge in [-0.2, -0.15) is 4.98 Å². The summed E-state index contributed by atoms with van der Waals surface area (Å²) in [4.78, 5) is 8.41. The first-order valence-electron chi connectivity index (χ1n) is 9.05. The van der Waals surface area contributed by atoms with Gasteiger partial charge < -0.3 is 15.8 Å². The number of nitrogens with zero attached hydrogens (tertiary/aromatic N) is 2. The number of aryl methyl sites for hydroxylation is 1. The predicted octanol–water partition coefficient (Wildman–Crippen LogP) is 4.72. The Labute approximate surface area is 149 Å². The maximum atomic E-state index is 6.18. The number of ether oxygens (including phenoxy) is 1. The average molecular weight is 338 g/mol. The van der Waals surface area contributed by atoms with E-state index >= 15 is 0 Å². The molecule has 132 valence electrons. The van der Waals surface area contributed by atoms with Gasteiger partial charge in [0, 0.05) is 6.54 Å². The van der Waals surface area contributed by atoms with Crippen LogP contribution in [0.1, 0.15) is 44.6 Å². The normalized spacial score (nSPS) is 14.0. The van der Waals surface area contributed by atoms with Gasteiger partial charge in [-0.05, 0) is 56.2 Å². The van der Waals surface area contributed by atoms with E-state index in [-0.39, 0.29) is 0 Å². The number of aromatic nitrogens is 2. The lowest BCUT2D eigenvalue weighted by molar-refractivity contribution is 0.464. The summed E-state index contributed by atoms with van der Waals surface area (Å²) in [5.41, 5.74) is 9.42. The van der Waals surface area contributed by atoms with Crippen molar-refractivity contribution in [3.8, 4) is 11.6 Å². The molecule has 0 saturated carbocycles. The van der Waals surface area contributed by atoms with Gasteiger partial charge in [-0.3, -0.25) is 0 Å². The van der Waals surface area contributed by atoms with Crippen LogP contribution in [-0.4, -0.2) is 16.5 Å². The second kappa shape index (κ2) is 8.51. The molecule has 3 rings (SSSR count). The fourth-order valence-corrected chi connectivity index (χ4v) is 2.98. The van der Waals surface area contributed by atoms with Crippen LogP contribution in [0.5, 0.6) is 11.6 Å². The molecule has 0 saturated heterocycles. The quantitative estimate of drug-likeness (QED) is 0.715. The number of nitrogens with one attached hydrogen (secondary N) is 1. The summed E-state index contributed by atoms with van der Waals surface area (Å²) in [5.74, 6) is 1.74. The van der Waals surface area contributed by atoms with Gasteiger partial charge in [-0.15, -0.1) is 0 Å². The molecule has 1 aromatic carbocycles. The van der Waals surface area contributed by atoms with Crippen molar-refractivity contribution in [1.29, 1.82) is 0 Å². The Morgan fingerprint density at radius 3 is 2.72 bits per heavy atom. The zero-order valence-corrected chi connectivity index (χ0v) is 14.8. The molecule has 2 aromatic rings. The van der Waals surface area contributed by atoms with Crippen molar-refractivity contribution in [2.24, 2.45) is 0 Å². The monoisotopic (exact) mass is 338 g/mol.